The lowest BCUT2D eigenvalue weighted by molar-refractivity contribution is -0.0508. The number of carbonyl (C=O) groups excluding carboxylic acids is 1. The minimum absolute atomic E-state index is 0.0849. The van der Waals surface area contributed by atoms with Crippen molar-refractivity contribution < 1.29 is 23.8 Å². The fourth-order valence-corrected chi connectivity index (χ4v) is 4.99. The summed E-state index contributed by atoms with van der Waals surface area (Å²) in [5, 5.41) is 13.3. The number of esters is 1. The number of aromatic nitrogens is 4. The van der Waals surface area contributed by atoms with E-state index in [9.17, 15) is 9.90 Å². The van der Waals surface area contributed by atoms with E-state index in [0.717, 1.165) is 12.8 Å². The maximum atomic E-state index is 15.6. The lowest BCUT2D eigenvalue weighted by Crippen LogP contribution is -2.35. The van der Waals surface area contributed by atoms with Crippen molar-refractivity contribution in [2.24, 2.45) is 0 Å². The highest BCUT2D eigenvalue weighted by molar-refractivity contribution is 5.89. The first kappa shape index (κ1) is 22.6. The number of fused-ring (bicyclic) bond motifs is 2. The van der Waals surface area contributed by atoms with Gasteiger partial charge in [0, 0.05) is 0 Å². The summed E-state index contributed by atoms with van der Waals surface area (Å²) in [4.78, 5) is 25.7. The molecule has 1 saturated heterocycles. The van der Waals surface area contributed by atoms with Crippen molar-refractivity contribution in [2.75, 3.05) is 11.9 Å². The molecule has 0 amide bonds. The van der Waals surface area contributed by atoms with Gasteiger partial charge in [0.1, 0.15) is 12.4 Å². The first-order chi connectivity index (χ1) is 17.6. The van der Waals surface area contributed by atoms with E-state index in [1.165, 1.54) is 28.3 Å². The number of aliphatic hydroxyl groups is 1. The van der Waals surface area contributed by atoms with E-state index in [0.29, 0.717) is 17.0 Å². The number of nitrogens with one attached hydrogen (secondary N) is 1. The predicted octanol–water partition coefficient (Wildman–Crippen LogP) is 3.38. The average molecular weight is 490 g/mol. The van der Waals surface area contributed by atoms with Crippen LogP contribution in [0.25, 0.3) is 11.2 Å². The smallest absolute Gasteiger partial charge is 0.338 e. The Morgan fingerprint density at radius 3 is 2.78 bits per heavy atom. The zero-order valence-corrected chi connectivity index (χ0v) is 19.2. The first-order valence-corrected chi connectivity index (χ1v) is 11.8. The van der Waals surface area contributed by atoms with Crippen molar-refractivity contribution in [1.82, 2.24) is 19.5 Å². The number of carbonyl (C=O) groups is 1. The largest absolute Gasteiger partial charge is 0.453 e. The quantitative estimate of drug-likeness (QED) is 0.397. The molecular formula is C26H24FN5O4. The fourth-order valence-electron chi connectivity index (χ4n) is 4.99. The van der Waals surface area contributed by atoms with Gasteiger partial charge in [0.2, 0.25) is 0 Å². The molecule has 0 unspecified atom stereocenters. The van der Waals surface area contributed by atoms with E-state index in [4.69, 9.17) is 9.47 Å². The Balaban J connectivity index is 1.26. The highest BCUT2D eigenvalue weighted by Crippen LogP contribution is 2.38. The molecule has 2 aliphatic rings. The third-order valence-electron chi connectivity index (χ3n) is 6.78. The lowest BCUT2D eigenvalue weighted by Gasteiger charge is -2.18. The van der Waals surface area contributed by atoms with E-state index < -0.39 is 37.2 Å². The number of rotatable bonds is 6. The number of aryl methyl sites for hydroxylation is 1. The third-order valence-corrected chi connectivity index (χ3v) is 6.78. The number of aliphatic hydroxyl groups excluding tert-OH is 1. The van der Waals surface area contributed by atoms with Crippen molar-refractivity contribution in [3.8, 4) is 0 Å². The summed E-state index contributed by atoms with van der Waals surface area (Å²) in [5.74, 6) is -0.147. The zero-order chi connectivity index (χ0) is 24.6. The summed E-state index contributed by atoms with van der Waals surface area (Å²) in [6.07, 6.45) is -0.541. The number of alkyl halides is 1. The van der Waals surface area contributed by atoms with Crippen molar-refractivity contribution in [3.63, 3.8) is 0 Å². The van der Waals surface area contributed by atoms with Gasteiger partial charge in [-0.15, -0.1) is 0 Å². The Labute approximate surface area is 205 Å². The Hall–Kier alpha value is -3.89. The third kappa shape index (κ3) is 3.88. The van der Waals surface area contributed by atoms with E-state index in [1.807, 2.05) is 12.1 Å². The van der Waals surface area contributed by atoms with Gasteiger partial charge in [-0.1, -0.05) is 42.5 Å². The summed E-state index contributed by atoms with van der Waals surface area (Å²) < 4.78 is 28.3. The molecule has 0 radical (unpaired) electrons. The molecule has 1 fully saturated rings. The van der Waals surface area contributed by atoms with E-state index >= 15 is 4.39 Å². The maximum absolute atomic E-state index is 15.6. The van der Waals surface area contributed by atoms with Crippen LogP contribution in [0.15, 0.2) is 67.3 Å². The summed E-state index contributed by atoms with van der Waals surface area (Å²) in [6.45, 7) is -0.515. The molecule has 4 aromatic rings. The molecule has 1 aliphatic carbocycles. The Morgan fingerprint density at radius 2 is 1.94 bits per heavy atom. The normalized spacial score (nSPS) is 25.1. The van der Waals surface area contributed by atoms with Gasteiger partial charge in [0.05, 0.1) is 24.5 Å². The Kier molecular flexibility index (Phi) is 5.82. The van der Waals surface area contributed by atoms with Crippen LogP contribution in [0.5, 0.6) is 0 Å². The highest BCUT2D eigenvalue weighted by atomic mass is 19.1. The number of benzene rings is 2. The van der Waals surface area contributed by atoms with Crippen LogP contribution in [0.4, 0.5) is 10.2 Å². The number of hydrogen-bond acceptors (Lipinski definition) is 8. The topological polar surface area (TPSA) is 111 Å². The van der Waals surface area contributed by atoms with Crippen LogP contribution < -0.4 is 5.32 Å². The fraction of sp³-hybridized carbons (Fsp3) is 0.308. The molecule has 0 bridgehead atoms. The van der Waals surface area contributed by atoms with Crippen LogP contribution >= 0.6 is 0 Å². The molecule has 0 saturated carbocycles. The number of ether oxygens (including phenoxy) is 2. The van der Waals surface area contributed by atoms with Crippen molar-refractivity contribution in [2.45, 2.75) is 43.5 Å². The number of anilines is 1. The van der Waals surface area contributed by atoms with E-state index in [2.05, 4.69) is 32.4 Å². The molecule has 5 atom stereocenters. The summed E-state index contributed by atoms with van der Waals surface area (Å²) in [6, 6.07) is 16.7. The van der Waals surface area contributed by atoms with Gasteiger partial charge >= 0.3 is 5.97 Å². The number of hydrogen-bond donors (Lipinski definition) is 2. The van der Waals surface area contributed by atoms with Gasteiger partial charge in [-0.05, 0) is 36.1 Å². The number of halogens is 1. The van der Waals surface area contributed by atoms with Crippen LogP contribution in [-0.4, -0.2) is 55.6 Å². The number of imidazole rings is 1. The zero-order valence-electron chi connectivity index (χ0n) is 19.2. The molecule has 9 nitrogen and oxygen atoms in total. The second kappa shape index (κ2) is 9.29. The molecule has 2 aromatic carbocycles. The Bertz CT molecular complexity index is 1400. The molecule has 2 aromatic heterocycles. The molecule has 1 aliphatic heterocycles. The molecule has 36 heavy (non-hydrogen) atoms. The van der Waals surface area contributed by atoms with Gasteiger partial charge in [-0.2, -0.15) is 0 Å². The molecular weight excluding hydrogens is 465 g/mol. The van der Waals surface area contributed by atoms with E-state index in [-0.39, 0.29) is 11.6 Å². The standard InChI is InChI=1S/C26H24FN5O4/c27-20-22(36-26(34)16-7-2-1-3-8-16)19(12-33)35-25(20)32-14-30-21-23(28-13-29-24(21)32)31-18-11-10-15-6-4-5-9-17(15)18/h1-9,13-14,18-20,22,25,33H,10-12H2,(H,28,29,31)/t18-,19+,20-,22+,25+/m0/s1. The van der Waals surface area contributed by atoms with Gasteiger partial charge < -0.3 is 19.9 Å². The van der Waals surface area contributed by atoms with Crippen molar-refractivity contribution in [3.05, 3.63) is 83.9 Å². The van der Waals surface area contributed by atoms with Gasteiger partial charge in [0.25, 0.3) is 0 Å². The maximum Gasteiger partial charge on any atom is 0.338 e. The monoisotopic (exact) mass is 489 g/mol. The molecule has 0 spiro atoms. The SMILES string of the molecule is O=C(O[C@H]1[C@H](F)[C@H](n2cnc3c(N[C@H]4CCc5ccccc54)ncnc32)O[C@@H]1CO)c1ccccc1. The average Bonchev–Trinajstić information content (AvgIpc) is 3.61. The molecule has 2 N–H and O–H groups in total. The predicted molar refractivity (Wildman–Crippen MR) is 128 cm³/mol. The minimum atomic E-state index is -1.75. The van der Waals surface area contributed by atoms with Crippen LogP contribution in [0.2, 0.25) is 0 Å². The van der Waals surface area contributed by atoms with Crippen molar-refractivity contribution in [1.29, 1.82) is 0 Å². The highest BCUT2D eigenvalue weighted by Gasteiger charge is 2.49. The first-order valence-electron chi connectivity index (χ1n) is 11.8. The van der Waals surface area contributed by atoms with E-state index in [1.54, 1.807) is 30.3 Å². The van der Waals surface area contributed by atoms with Crippen molar-refractivity contribution >= 4 is 23.0 Å². The summed E-state index contributed by atoms with van der Waals surface area (Å²) in [5.41, 5.74) is 3.66. The molecule has 184 valence electrons. The summed E-state index contributed by atoms with van der Waals surface area (Å²) >= 11 is 0. The lowest BCUT2D eigenvalue weighted by atomic mass is 10.1. The Morgan fingerprint density at radius 1 is 1.14 bits per heavy atom. The molecule has 3 heterocycles. The second-order valence-corrected chi connectivity index (χ2v) is 8.91. The molecule has 10 heteroatoms. The van der Waals surface area contributed by atoms with Gasteiger partial charge in [0.15, 0.2) is 35.5 Å². The van der Waals surface area contributed by atoms with Gasteiger partial charge in [-0.25, -0.2) is 24.1 Å². The van der Waals surface area contributed by atoms with Crippen LogP contribution in [0, 0.1) is 0 Å². The number of nitrogens with zero attached hydrogens (tertiary/aromatic N) is 4. The van der Waals surface area contributed by atoms with Crippen LogP contribution in [-0.2, 0) is 15.9 Å². The van der Waals surface area contributed by atoms with Crippen LogP contribution in [0.1, 0.15) is 40.2 Å². The summed E-state index contributed by atoms with van der Waals surface area (Å²) in [7, 11) is 0. The molecule has 6 rings (SSSR count). The van der Waals surface area contributed by atoms with Gasteiger partial charge in [-0.3, -0.25) is 4.57 Å². The minimum Gasteiger partial charge on any atom is -0.453 e. The second-order valence-electron chi connectivity index (χ2n) is 8.91. The van der Waals surface area contributed by atoms with Crippen LogP contribution in [0.3, 0.4) is 0 Å².